The maximum absolute atomic E-state index is 12.5. The average molecular weight is 334 g/mol. The van der Waals surface area contributed by atoms with E-state index in [1.807, 2.05) is 13.0 Å². The van der Waals surface area contributed by atoms with Crippen LogP contribution in [0.15, 0.2) is 41.3 Å². The lowest BCUT2D eigenvalue weighted by Crippen LogP contribution is -2.13. The lowest BCUT2D eigenvalue weighted by Gasteiger charge is -2.12. The van der Waals surface area contributed by atoms with Gasteiger partial charge in [0.15, 0.2) is 0 Å². The summed E-state index contributed by atoms with van der Waals surface area (Å²) in [5.41, 5.74) is 2.33. The smallest absolute Gasteiger partial charge is 0.339 e. The summed E-state index contributed by atoms with van der Waals surface area (Å²) in [7, 11) is -2.71. The third-order valence-electron chi connectivity index (χ3n) is 3.41. The maximum atomic E-state index is 12.5. The van der Waals surface area contributed by atoms with Gasteiger partial charge in [-0.05, 0) is 61.7 Å². The average Bonchev–Trinajstić information content (AvgIpc) is 2.49. The molecule has 0 saturated carbocycles. The molecule has 0 unspecified atom stereocenters. The van der Waals surface area contributed by atoms with Gasteiger partial charge in [0.05, 0.1) is 12.7 Å². The normalized spacial score (nSPS) is 11.1. The maximum Gasteiger partial charge on any atom is 0.339 e. The minimum absolute atomic E-state index is 0.0195. The first-order valence-corrected chi connectivity index (χ1v) is 8.36. The van der Waals surface area contributed by atoms with Crippen molar-refractivity contribution < 1.29 is 22.1 Å². The molecule has 0 aliphatic carbocycles. The Kier molecular flexibility index (Phi) is 4.75. The highest BCUT2D eigenvalue weighted by molar-refractivity contribution is 7.87. The SMILES string of the molecule is COC(=O)c1ccc(S(=O)(=O)Oc2cc(C)ccc2C)c(C)c1. The summed E-state index contributed by atoms with van der Waals surface area (Å²) in [6.07, 6.45) is 0. The number of carbonyl (C=O) groups is 1. The van der Waals surface area contributed by atoms with Crippen LogP contribution in [0.5, 0.6) is 5.75 Å². The molecule has 0 aliphatic rings. The van der Waals surface area contributed by atoms with E-state index in [-0.39, 0.29) is 10.5 Å². The number of hydrogen-bond donors (Lipinski definition) is 0. The van der Waals surface area contributed by atoms with E-state index < -0.39 is 16.1 Å². The monoisotopic (exact) mass is 334 g/mol. The molecular formula is C17H18O5S. The van der Waals surface area contributed by atoms with Crippen molar-refractivity contribution >= 4 is 16.1 Å². The predicted octanol–water partition coefficient (Wildman–Crippen LogP) is 3.17. The van der Waals surface area contributed by atoms with Crippen molar-refractivity contribution in [1.29, 1.82) is 0 Å². The van der Waals surface area contributed by atoms with Gasteiger partial charge < -0.3 is 8.92 Å². The topological polar surface area (TPSA) is 69.7 Å². The minimum Gasteiger partial charge on any atom is -0.465 e. The lowest BCUT2D eigenvalue weighted by atomic mass is 10.1. The van der Waals surface area contributed by atoms with Gasteiger partial charge in [0.25, 0.3) is 0 Å². The van der Waals surface area contributed by atoms with Gasteiger partial charge in [-0.15, -0.1) is 0 Å². The van der Waals surface area contributed by atoms with Crippen LogP contribution < -0.4 is 4.18 Å². The van der Waals surface area contributed by atoms with E-state index in [0.29, 0.717) is 11.3 Å². The Morgan fingerprint density at radius 3 is 2.26 bits per heavy atom. The summed E-state index contributed by atoms with van der Waals surface area (Å²) in [5, 5.41) is 0. The summed E-state index contributed by atoms with van der Waals surface area (Å²) >= 11 is 0. The molecule has 0 amide bonds. The number of aryl methyl sites for hydroxylation is 3. The lowest BCUT2D eigenvalue weighted by molar-refractivity contribution is 0.0600. The molecule has 0 radical (unpaired) electrons. The van der Waals surface area contributed by atoms with Crippen LogP contribution in [0.1, 0.15) is 27.0 Å². The van der Waals surface area contributed by atoms with Crippen molar-refractivity contribution in [2.75, 3.05) is 7.11 Å². The van der Waals surface area contributed by atoms with Crippen LogP contribution >= 0.6 is 0 Å². The van der Waals surface area contributed by atoms with Crippen molar-refractivity contribution in [3.63, 3.8) is 0 Å². The Balaban J connectivity index is 2.40. The van der Waals surface area contributed by atoms with Crippen molar-refractivity contribution in [2.45, 2.75) is 25.7 Å². The van der Waals surface area contributed by atoms with Gasteiger partial charge in [-0.25, -0.2) is 4.79 Å². The number of rotatable bonds is 4. The van der Waals surface area contributed by atoms with E-state index in [9.17, 15) is 13.2 Å². The van der Waals surface area contributed by atoms with E-state index >= 15 is 0 Å². The summed E-state index contributed by atoms with van der Waals surface area (Å²) in [6, 6.07) is 9.56. The van der Waals surface area contributed by atoms with E-state index in [2.05, 4.69) is 4.74 Å². The van der Waals surface area contributed by atoms with E-state index in [1.165, 1.54) is 25.3 Å². The highest BCUT2D eigenvalue weighted by atomic mass is 32.2. The Bertz CT molecular complexity index is 853. The van der Waals surface area contributed by atoms with Crippen LogP contribution in [-0.2, 0) is 14.9 Å². The second kappa shape index (κ2) is 6.42. The molecular weight excluding hydrogens is 316 g/mol. The zero-order valence-electron chi connectivity index (χ0n) is 13.4. The molecule has 0 fully saturated rings. The van der Waals surface area contributed by atoms with Gasteiger partial charge in [-0.1, -0.05) is 12.1 Å². The van der Waals surface area contributed by atoms with Gasteiger partial charge in [-0.3, -0.25) is 0 Å². The molecule has 0 aliphatic heterocycles. The summed E-state index contributed by atoms with van der Waals surface area (Å²) in [6.45, 7) is 5.23. The Hall–Kier alpha value is -2.34. The van der Waals surface area contributed by atoms with Crippen LogP contribution in [0.3, 0.4) is 0 Å². The van der Waals surface area contributed by atoms with Gasteiger partial charge in [0, 0.05) is 0 Å². The summed E-state index contributed by atoms with van der Waals surface area (Å²) < 4.78 is 34.9. The first-order chi connectivity index (χ1) is 10.7. The molecule has 0 N–H and O–H groups in total. The van der Waals surface area contributed by atoms with Crippen molar-refractivity contribution in [1.82, 2.24) is 0 Å². The van der Waals surface area contributed by atoms with E-state index in [4.69, 9.17) is 4.18 Å². The van der Waals surface area contributed by atoms with Crippen LogP contribution in [-0.4, -0.2) is 21.5 Å². The van der Waals surface area contributed by atoms with E-state index in [0.717, 1.165) is 11.1 Å². The molecule has 0 spiro atoms. The quantitative estimate of drug-likeness (QED) is 0.634. The second-order valence-electron chi connectivity index (χ2n) is 5.28. The molecule has 122 valence electrons. The van der Waals surface area contributed by atoms with Crippen LogP contribution in [0.2, 0.25) is 0 Å². The first kappa shape index (κ1) is 17.0. The molecule has 0 atom stereocenters. The fourth-order valence-corrected chi connectivity index (χ4v) is 3.33. The van der Waals surface area contributed by atoms with Gasteiger partial charge in [0.2, 0.25) is 0 Å². The largest absolute Gasteiger partial charge is 0.465 e. The molecule has 2 aromatic carbocycles. The fraction of sp³-hybridized carbons (Fsp3) is 0.235. The molecule has 0 heterocycles. The predicted molar refractivity (Wildman–Crippen MR) is 86.2 cm³/mol. The highest BCUT2D eigenvalue weighted by Crippen LogP contribution is 2.25. The minimum atomic E-state index is -3.98. The molecule has 5 nitrogen and oxygen atoms in total. The molecule has 6 heteroatoms. The molecule has 23 heavy (non-hydrogen) atoms. The van der Waals surface area contributed by atoms with Gasteiger partial charge in [-0.2, -0.15) is 8.42 Å². The van der Waals surface area contributed by atoms with Gasteiger partial charge >= 0.3 is 16.1 Å². The number of methoxy groups -OCH3 is 1. The zero-order chi connectivity index (χ0) is 17.2. The first-order valence-electron chi connectivity index (χ1n) is 6.95. The molecule has 2 rings (SSSR count). The summed E-state index contributed by atoms with van der Waals surface area (Å²) in [4.78, 5) is 11.5. The van der Waals surface area contributed by atoms with Crippen molar-refractivity contribution in [2.24, 2.45) is 0 Å². The molecule has 0 aromatic heterocycles. The third kappa shape index (κ3) is 3.71. The second-order valence-corrected chi connectivity index (χ2v) is 6.79. The van der Waals surface area contributed by atoms with Gasteiger partial charge in [0.1, 0.15) is 10.6 Å². The summed E-state index contributed by atoms with van der Waals surface area (Å²) in [5.74, 6) is -0.228. The zero-order valence-corrected chi connectivity index (χ0v) is 14.2. The van der Waals surface area contributed by atoms with Crippen molar-refractivity contribution in [3.05, 3.63) is 58.7 Å². The fourth-order valence-electron chi connectivity index (χ4n) is 2.13. The molecule has 0 bridgehead atoms. The Morgan fingerprint density at radius 2 is 1.65 bits per heavy atom. The van der Waals surface area contributed by atoms with Crippen LogP contribution in [0.25, 0.3) is 0 Å². The van der Waals surface area contributed by atoms with E-state index in [1.54, 1.807) is 26.0 Å². The standard InChI is InChI=1S/C17H18O5S/c1-11-5-6-12(2)15(9-11)22-23(19,20)16-8-7-14(10-13(16)3)17(18)21-4/h5-10H,1-4H3. The number of benzene rings is 2. The third-order valence-corrected chi connectivity index (χ3v) is 4.80. The Morgan fingerprint density at radius 1 is 0.957 bits per heavy atom. The van der Waals surface area contributed by atoms with Crippen LogP contribution in [0, 0.1) is 20.8 Å². The Labute approximate surface area is 136 Å². The van der Waals surface area contributed by atoms with Crippen LogP contribution in [0.4, 0.5) is 0 Å². The number of hydrogen-bond acceptors (Lipinski definition) is 5. The number of carbonyl (C=O) groups excluding carboxylic acids is 1. The molecule has 2 aromatic rings. The number of ether oxygens (including phenoxy) is 1. The molecule has 0 saturated heterocycles. The van der Waals surface area contributed by atoms with Crippen molar-refractivity contribution in [3.8, 4) is 5.75 Å². The highest BCUT2D eigenvalue weighted by Gasteiger charge is 2.21. The number of esters is 1.